The number of benzene rings is 2. The standard InChI is InChI=1S/C16H14O4/c1-10-3-4-12(16(19)20-2)9-14(10)15(18)11-5-7-13(17)8-6-11/h3-9,17H,1-2H3. The number of esters is 1. The van der Waals surface area contributed by atoms with Gasteiger partial charge in [-0.2, -0.15) is 0 Å². The van der Waals surface area contributed by atoms with Gasteiger partial charge in [0.05, 0.1) is 12.7 Å². The van der Waals surface area contributed by atoms with Gasteiger partial charge in [-0.25, -0.2) is 4.79 Å². The lowest BCUT2D eigenvalue weighted by atomic mass is 9.97. The molecule has 0 aromatic heterocycles. The number of ether oxygens (including phenoxy) is 1. The third-order valence-electron chi connectivity index (χ3n) is 3.03. The highest BCUT2D eigenvalue weighted by Gasteiger charge is 2.15. The number of phenols is 1. The van der Waals surface area contributed by atoms with Crippen molar-refractivity contribution in [3.8, 4) is 5.75 Å². The number of methoxy groups -OCH3 is 1. The van der Waals surface area contributed by atoms with Gasteiger partial charge < -0.3 is 9.84 Å². The van der Waals surface area contributed by atoms with E-state index in [9.17, 15) is 14.7 Å². The van der Waals surface area contributed by atoms with Crippen LogP contribution < -0.4 is 0 Å². The molecule has 20 heavy (non-hydrogen) atoms. The summed E-state index contributed by atoms with van der Waals surface area (Å²) >= 11 is 0. The predicted octanol–water partition coefficient (Wildman–Crippen LogP) is 2.72. The Bertz CT molecular complexity index is 657. The molecule has 102 valence electrons. The van der Waals surface area contributed by atoms with Crippen LogP contribution in [0.25, 0.3) is 0 Å². The summed E-state index contributed by atoms with van der Waals surface area (Å²) in [5.74, 6) is -0.584. The Balaban J connectivity index is 2.43. The molecule has 0 amide bonds. The summed E-state index contributed by atoms with van der Waals surface area (Å²) in [6.45, 7) is 1.80. The maximum absolute atomic E-state index is 12.4. The smallest absolute Gasteiger partial charge is 0.337 e. The number of carbonyl (C=O) groups is 2. The van der Waals surface area contributed by atoms with Crippen molar-refractivity contribution >= 4 is 11.8 Å². The maximum Gasteiger partial charge on any atom is 0.337 e. The Morgan fingerprint density at radius 1 is 1.00 bits per heavy atom. The number of carbonyl (C=O) groups excluding carboxylic acids is 2. The van der Waals surface area contributed by atoms with Crippen LogP contribution >= 0.6 is 0 Å². The number of ketones is 1. The van der Waals surface area contributed by atoms with Crippen LogP contribution in [0, 0.1) is 6.92 Å². The molecule has 0 bridgehead atoms. The molecule has 4 heteroatoms. The fourth-order valence-corrected chi connectivity index (χ4v) is 1.88. The van der Waals surface area contributed by atoms with Crippen LogP contribution in [-0.4, -0.2) is 24.0 Å². The first-order valence-electron chi connectivity index (χ1n) is 6.05. The van der Waals surface area contributed by atoms with Crippen LogP contribution in [-0.2, 0) is 4.74 Å². The van der Waals surface area contributed by atoms with Crippen LogP contribution in [0.1, 0.15) is 31.8 Å². The Morgan fingerprint density at radius 2 is 1.60 bits per heavy atom. The van der Waals surface area contributed by atoms with Gasteiger partial charge in [-0.1, -0.05) is 6.07 Å². The maximum atomic E-state index is 12.4. The second kappa shape index (κ2) is 5.57. The molecule has 0 radical (unpaired) electrons. The summed E-state index contributed by atoms with van der Waals surface area (Å²) < 4.78 is 4.65. The van der Waals surface area contributed by atoms with Crippen molar-refractivity contribution in [2.75, 3.05) is 7.11 Å². The highest BCUT2D eigenvalue weighted by molar-refractivity contribution is 6.10. The van der Waals surface area contributed by atoms with Crippen LogP contribution in [0.2, 0.25) is 0 Å². The van der Waals surface area contributed by atoms with Gasteiger partial charge in [0.2, 0.25) is 0 Å². The lowest BCUT2D eigenvalue weighted by Gasteiger charge is -2.07. The molecule has 0 saturated carbocycles. The van der Waals surface area contributed by atoms with Crippen molar-refractivity contribution in [1.82, 2.24) is 0 Å². The SMILES string of the molecule is COC(=O)c1ccc(C)c(C(=O)c2ccc(O)cc2)c1. The van der Waals surface area contributed by atoms with Gasteiger partial charge in [-0.05, 0) is 48.9 Å². The van der Waals surface area contributed by atoms with E-state index in [4.69, 9.17) is 0 Å². The highest BCUT2D eigenvalue weighted by Crippen LogP contribution is 2.18. The summed E-state index contributed by atoms with van der Waals surface area (Å²) in [5, 5.41) is 9.24. The van der Waals surface area contributed by atoms with Gasteiger partial charge in [0, 0.05) is 11.1 Å². The zero-order chi connectivity index (χ0) is 14.7. The van der Waals surface area contributed by atoms with Crippen LogP contribution in [0.3, 0.4) is 0 Å². The lowest BCUT2D eigenvalue weighted by molar-refractivity contribution is 0.0600. The van der Waals surface area contributed by atoms with Crippen LogP contribution in [0.15, 0.2) is 42.5 Å². The number of aromatic hydroxyl groups is 1. The first-order valence-corrected chi connectivity index (χ1v) is 6.05. The minimum Gasteiger partial charge on any atom is -0.508 e. The summed E-state index contributed by atoms with van der Waals surface area (Å²) in [4.78, 5) is 23.9. The predicted molar refractivity (Wildman–Crippen MR) is 74.1 cm³/mol. The molecule has 0 aliphatic heterocycles. The lowest BCUT2D eigenvalue weighted by Crippen LogP contribution is -2.07. The zero-order valence-corrected chi connectivity index (χ0v) is 11.2. The van der Waals surface area contributed by atoms with Gasteiger partial charge >= 0.3 is 5.97 Å². The number of hydrogen-bond donors (Lipinski definition) is 1. The van der Waals surface area contributed by atoms with E-state index in [0.29, 0.717) is 16.7 Å². The quantitative estimate of drug-likeness (QED) is 0.688. The molecule has 0 fully saturated rings. The molecule has 2 aromatic rings. The van der Waals surface area contributed by atoms with E-state index >= 15 is 0 Å². The Hall–Kier alpha value is -2.62. The summed E-state index contributed by atoms with van der Waals surface area (Å²) in [7, 11) is 1.30. The summed E-state index contributed by atoms with van der Waals surface area (Å²) in [5.41, 5.74) is 2.00. The molecule has 0 saturated heterocycles. The third kappa shape index (κ3) is 2.69. The zero-order valence-electron chi connectivity index (χ0n) is 11.2. The van der Waals surface area contributed by atoms with Crippen LogP contribution in [0.4, 0.5) is 0 Å². The van der Waals surface area contributed by atoms with Crippen LogP contribution in [0.5, 0.6) is 5.75 Å². The average molecular weight is 270 g/mol. The molecule has 0 spiro atoms. The van der Waals surface area contributed by atoms with E-state index in [1.54, 1.807) is 31.2 Å². The molecule has 0 atom stereocenters. The highest BCUT2D eigenvalue weighted by atomic mass is 16.5. The molecular weight excluding hydrogens is 256 g/mol. The number of aryl methyl sites for hydroxylation is 1. The van der Waals surface area contributed by atoms with Crippen molar-refractivity contribution in [2.24, 2.45) is 0 Å². The molecule has 2 rings (SSSR count). The monoisotopic (exact) mass is 270 g/mol. The molecule has 0 unspecified atom stereocenters. The van der Waals surface area contributed by atoms with Crippen molar-refractivity contribution in [3.63, 3.8) is 0 Å². The minimum absolute atomic E-state index is 0.0987. The molecule has 2 aromatic carbocycles. The molecule has 0 aliphatic rings. The number of rotatable bonds is 3. The van der Waals surface area contributed by atoms with E-state index in [0.717, 1.165) is 5.56 Å². The minimum atomic E-state index is -0.482. The van der Waals surface area contributed by atoms with E-state index in [1.807, 2.05) is 0 Å². The summed E-state index contributed by atoms with van der Waals surface area (Å²) in [6.07, 6.45) is 0. The van der Waals surface area contributed by atoms with E-state index in [1.165, 1.54) is 25.3 Å². The van der Waals surface area contributed by atoms with E-state index in [-0.39, 0.29) is 11.5 Å². The molecule has 0 heterocycles. The fraction of sp³-hybridized carbons (Fsp3) is 0.125. The van der Waals surface area contributed by atoms with E-state index < -0.39 is 5.97 Å². The Morgan fingerprint density at radius 3 is 2.20 bits per heavy atom. The Labute approximate surface area is 116 Å². The van der Waals surface area contributed by atoms with Gasteiger partial charge in [0.15, 0.2) is 5.78 Å². The van der Waals surface area contributed by atoms with E-state index in [2.05, 4.69) is 4.74 Å². The average Bonchev–Trinajstić information content (AvgIpc) is 2.47. The summed E-state index contributed by atoms with van der Waals surface area (Å²) in [6, 6.07) is 10.8. The largest absolute Gasteiger partial charge is 0.508 e. The third-order valence-corrected chi connectivity index (χ3v) is 3.03. The second-order valence-corrected chi connectivity index (χ2v) is 4.40. The Kier molecular flexibility index (Phi) is 3.84. The van der Waals surface area contributed by atoms with Gasteiger partial charge in [0.1, 0.15) is 5.75 Å². The first-order chi connectivity index (χ1) is 9.52. The van der Waals surface area contributed by atoms with Crippen molar-refractivity contribution in [2.45, 2.75) is 6.92 Å². The van der Waals surface area contributed by atoms with Crippen molar-refractivity contribution in [1.29, 1.82) is 0 Å². The van der Waals surface area contributed by atoms with Crippen molar-refractivity contribution < 1.29 is 19.4 Å². The topological polar surface area (TPSA) is 63.6 Å². The molecular formula is C16H14O4. The van der Waals surface area contributed by atoms with Crippen molar-refractivity contribution in [3.05, 3.63) is 64.7 Å². The first kappa shape index (κ1) is 13.8. The molecule has 4 nitrogen and oxygen atoms in total. The van der Waals surface area contributed by atoms with Gasteiger partial charge in [-0.15, -0.1) is 0 Å². The number of phenolic OH excluding ortho intramolecular Hbond substituents is 1. The van der Waals surface area contributed by atoms with Gasteiger partial charge in [-0.3, -0.25) is 4.79 Å². The molecule has 0 aliphatic carbocycles. The molecule has 1 N–H and O–H groups in total. The number of hydrogen-bond acceptors (Lipinski definition) is 4. The van der Waals surface area contributed by atoms with Gasteiger partial charge in [0.25, 0.3) is 0 Å². The normalized spacial score (nSPS) is 10.1. The second-order valence-electron chi connectivity index (χ2n) is 4.40. The fourth-order valence-electron chi connectivity index (χ4n) is 1.88.